The van der Waals surface area contributed by atoms with Gasteiger partial charge in [0.05, 0.1) is 21.8 Å². The molecule has 0 bridgehead atoms. The van der Waals surface area contributed by atoms with Crippen LogP contribution < -0.4 is 11.1 Å². The van der Waals surface area contributed by atoms with E-state index in [0.717, 1.165) is 23.5 Å². The van der Waals surface area contributed by atoms with Crippen LogP contribution in [0.4, 0.5) is 8.78 Å². The van der Waals surface area contributed by atoms with Crippen molar-refractivity contribution in [2.45, 2.75) is 12.5 Å². The molecule has 2 aromatic heterocycles. The first-order valence-electron chi connectivity index (χ1n) is 8.22. The molecule has 0 radical (unpaired) electrons. The summed E-state index contributed by atoms with van der Waals surface area (Å²) in [5.74, 6) is -2.23. The number of hydrogen-bond acceptors (Lipinski definition) is 4. The van der Waals surface area contributed by atoms with Crippen LogP contribution in [-0.4, -0.2) is 28.3 Å². The highest BCUT2D eigenvalue weighted by atomic mass is 35.5. The summed E-state index contributed by atoms with van der Waals surface area (Å²) in [5.41, 5.74) is 7.48. The maximum absolute atomic E-state index is 13.4. The molecule has 1 aromatic carbocycles. The van der Waals surface area contributed by atoms with Gasteiger partial charge in [-0.15, -0.1) is 23.7 Å². The Bertz CT molecular complexity index is 1010. The molecule has 29 heavy (non-hydrogen) atoms. The Labute approximate surface area is 186 Å². The first-order chi connectivity index (χ1) is 13.3. The van der Waals surface area contributed by atoms with Gasteiger partial charge >= 0.3 is 0 Å². The molecule has 2 heterocycles. The molecule has 0 saturated heterocycles. The van der Waals surface area contributed by atoms with E-state index >= 15 is 0 Å². The third-order valence-corrected chi connectivity index (χ3v) is 5.78. The van der Waals surface area contributed by atoms with Gasteiger partial charge in [-0.3, -0.25) is 9.48 Å². The number of aromatic nitrogens is 2. The summed E-state index contributed by atoms with van der Waals surface area (Å²) >= 11 is 13.5. The Kier molecular flexibility index (Phi) is 8.02. The van der Waals surface area contributed by atoms with Crippen LogP contribution in [0.25, 0.3) is 11.3 Å². The normalized spacial score (nSPS) is 11.8. The molecule has 1 amide bonds. The Morgan fingerprint density at radius 1 is 1.31 bits per heavy atom. The van der Waals surface area contributed by atoms with Crippen LogP contribution in [0.2, 0.25) is 9.36 Å². The number of aryl methyl sites for hydroxylation is 1. The summed E-state index contributed by atoms with van der Waals surface area (Å²) in [4.78, 5) is 13.0. The number of thiophene rings is 1. The van der Waals surface area contributed by atoms with E-state index in [2.05, 4.69) is 10.4 Å². The van der Waals surface area contributed by atoms with E-state index in [0.29, 0.717) is 31.1 Å². The molecule has 1 atom stereocenters. The van der Waals surface area contributed by atoms with Crippen LogP contribution in [0.3, 0.4) is 0 Å². The van der Waals surface area contributed by atoms with Crippen molar-refractivity contribution in [3.8, 4) is 11.3 Å². The predicted molar refractivity (Wildman–Crippen MR) is 114 cm³/mol. The van der Waals surface area contributed by atoms with Gasteiger partial charge in [0, 0.05) is 25.2 Å². The number of rotatable bonds is 6. The van der Waals surface area contributed by atoms with Crippen molar-refractivity contribution in [1.82, 2.24) is 15.1 Å². The number of carbonyl (C=O) groups excluding carboxylic acids is 1. The zero-order chi connectivity index (χ0) is 20.4. The Hall–Kier alpha value is -1.71. The smallest absolute Gasteiger partial charge is 0.261 e. The minimum atomic E-state index is -0.942. The maximum atomic E-state index is 13.4. The number of hydrogen-bond donors (Lipinski definition) is 2. The third kappa shape index (κ3) is 5.26. The molecule has 11 heteroatoms. The molecule has 0 aliphatic rings. The minimum absolute atomic E-state index is 0. The fourth-order valence-electron chi connectivity index (χ4n) is 2.76. The molecule has 0 unspecified atom stereocenters. The van der Waals surface area contributed by atoms with Crippen LogP contribution in [0.15, 0.2) is 30.5 Å². The number of carbonyl (C=O) groups is 1. The van der Waals surface area contributed by atoms with Gasteiger partial charge < -0.3 is 11.1 Å². The summed E-state index contributed by atoms with van der Waals surface area (Å²) < 4.78 is 28.4. The van der Waals surface area contributed by atoms with Crippen LogP contribution in [0.5, 0.6) is 0 Å². The monoisotopic (exact) mass is 480 g/mol. The number of nitrogens with zero attached hydrogens (tertiary/aromatic N) is 2. The molecule has 5 nitrogen and oxygen atoms in total. The van der Waals surface area contributed by atoms with Gasteiger partial charge in [0.25, 0.3) is 5.91 Å². The second kappa shape index (κ2) is 9.86. The van der Waals surface area contributed by atoms with E-state index in [-0.39, 0.29) is 31.3 Å². The van der Waals surface area contributed by atoms with E-state index in [1.165, 1.54) is 12.3 Å². The van der Waals surface area contributed by atoms with Gasteiger partial charge in [-0.25, -0.2) is 8.78 Å². The Morgan fingerprint density at radius 3 is 2.62 bits per heavy atom. The second-order valence-electron chi connectivity index (χ2n) is 6.12. The third-order valence-electron chi connectivity index (χ3n) is 4.15. The summed E-state index contributed by atoms with van der Waals surface area (Å²) in [6, 6.07) is 4.77. The molecule has 0 saturated carbocycles. The fraction of sp³-hybridized carbons (Fsp3) is 0.222. The molecule has 3 N–H and O–H groups in total. The largest absolute Gasteiger partial charge is 0.347 e. The molecular weight excluding hydrogens is 465 g/mol. The molecule has 3 aromatic rings. The topological polar surface area (TPSA) is 72.9 Å². The van der Waals surface area contributed by atoms with Gasteiger partial charge in [0.1, 0.15) is 4.34 Å². The quantitative estimate of drug-likeness (QED) is 0.546. The molecule has 0 aliphatic heterocycles. The maximum Gasteiger partial charge on any atom is 0.261 e. The average molecular weight is 482 g/mol. The fourth-order valence-corrected chi connectivity index (χ4v) is 4.21. The number of nitrogens with two attached hydrogens (primary N) is 1. The average Bonchev–Trinajstić information content (AvgIpc) is 3.19. The first-order valence-corrected chi connectivity index (χ1v) is 9.79. The number of amides is 1. The van der Waals surface area contributed by atoms with Crippen LogP contribution >= 0.6 is 46.9 Å². The summed E-state index contributed by atoms with van der Waals surface area (Å²) in [6.07, 6.45) is 1.76. The Morgan fingerprint density at radius 2 is 2.03 bits per heavy atom. The molecule has 156 valence electrons. The number of nitrogens with one attached hydrogen (secondary N) is 1. The Balaban J connectivity index is 0.00000300. The van der Waals surface area contributed by atoms with Crippen LogP contribution in [-0.2, 0) is 13.5 Å². The lowest BCUT2D eigenvalue weighted by atomic mass is 10.1. The number of benzene rings is 1. The lowest BCUT2D eigenvalue weighted by molar-refractivity contribution is 0.0942. The van der Waals surface area contributed by atoms with Crippen LogP contribution in [0.1, 0.15) is 15.2 Å². The van der Waals surface area contributed by atoms with Gasteiger partial charge in [-0.05, 0) is 30.2 Å². The molecular formula is C18H17Cl3F2N4OS. The van der Waals surface area contributed by atoms with E-state index in [9.17, 15) is 13.6 Å². The number of halogens is 5. The minimum Gasteiger partial charge on any atom is -0.347 e. The van der Waals surface area contributed by atoms with Gasteiger partial charge in [0.15, 0.2) is 11.6 Å². The SMILES string of the molecule is Cl.Cn1ncc(Cl)c1-c1cc(C(=O)N[C@H](CN)Cc2ccc(F)c(F)c2)sc1Cl. The van der Waals surface area contributed by atoms with Gasteiger partial charge in [-0.1, -0.05) is 29.3 Å². The molecule has 0 aliphatic carbocycles. The molecule has 3 rings (SSSR count). The van der Waals surface area contributed by atoms with Crippen molar-refractivity contribution < 1.29 is 13.6 Å². The van der Waals surface area contributed by atoms with Gasteiger partial charge in [-0.2, -0.15) is 5.10 Å². The predicted octanol–water partition coefficient (Wildman–Crippen LogP) is 4.46. The second-order valence-corrected chi connectivity index (χ2v) is 8.18. The summed E-state index contributed by atoms with van der Waals surface area (Å²) in [6.45, 7) is 0.129. The molecule has 0 spiro atoms. The van der Waals surface area contributed by atoms with Crippen molar-refractivity contribution in [3.05, 3.63) is 61.9 Å². The molecule has 0 fully saturated rings. The highest BCUT2D eigenvalue weighted by Crippen LogP contribution is 2.38. The van der Waals surface area contributed by atoms with Gasteiger partial charge in [0.2, 0.25) is 0 Å². The van der Waals surface area contributed by atoms with Crippen molar-refractivity contribution >= 4 is 52.9 Å². The van der Waals surface area contributed by atoms with Crippen molar-refractivity contribution in [2.75, 3.05) is 6.54 Å². The summed E-state index contributed by atoms with van der Waals surface area (Å²) in [7, 11) is 1.72. The zero-order valence-electron chi connectivity index (χ0n) is 15.1. The van der Waals surface area contributed by atoms with E-state index in [1.54, 1.807) is 17.8 Å². The van der Waals surface area contributed by atoms with Crippen molar-refractivity contribution in [3.63, 3.8) is 0 Å². The zero-order valence-corrected chi connectivity index (χ0v) is 18.2. The van der Waals surface area contributed by atoms with Crippen molar-refractivity contribution in [1.29, 1.82) is 0 Å². The lowest BCUT2D eigenvalue weighted by Crippen LogP contribution is -2.41. The van der Waals surface area contributed by atoms with Crippen molar-refractivity contribution in [2.24, 2.45) is 12.8 Å². The van der Waals surface area contributed by atoms with E-state index < -0.39 is 17.7 Å². The van der Waals surface area contributed by atoms with E-state index in [4.69, 9.17) is 28.9 Å². The first kappa shape index (κ1) is 23.6. The lowest BCUT2D eigenvalue weighted by Gasteiger charge is -2.16. The highest BCUT2D eigenvalue weighted by molar-refractivity contribution is 7.18. The van der Waals surface area contributed by atoms with Crippen LogP contribution in [0, 0.1) is 11.6 Å². The highest BCUT2D eigenvalue weighted by Gasteiger charge is 2.21. The van der Waals surface area contributed by atoms with E-state index in [1.807, 2.05) is 0 Å². The summed E-state index contributed by atoms with van der Waals surface area (Å²) in [5, 5.41) is 7.29. The standard InChI is InChI=1S/C18H16Cl2F2N4OS.ClH/c1-26-16(12(19)8-24-26)11-6-15(28-17(11)20)18(27)25-10(7-23)4-9-2-3-13(21)14(22)5-9;/h2-3,5-6,8,10H,4,7,23H2,1H3,(H,25,27);1H/t10-;/m0./s1.